The fraction of sp³-hybridized carbons (Fsp3) is 0.190. The molecule has 3 rings (SSSR count). The highest BCUT2D eigenvalue weighted by molar-refractivity contribution is 7.80. The molecule has 2 aromatic rings. The molecule has 0 atom stereocenters. The Balaban J connectivity index is 1.79. The minimum atomic E-state index is -0.538. The van der Waals surface area contributed by atoms with E-state index in [1.165, 1.54) is 36.1 Å². The van der Waals surface area contributed by atoms with E-state index in [1.807, 2.05) is 0 Å². The SMILES string of the molecule is COC(=O)CN1C(=S)N(C)C(=O)C1=Cc1ccc(OCc2cccc([N+](=O)[O-])c2)c(Cl)c1. The number of methoxy groups -OCH3 is 1. The third kappa shape index (κ3) is 5.04. The number of carbonyl (C=O) groups excluding carboxylic acids is 2. The molecule has 166 valence electrons. The van der Waals surface area contributed by atoms with Gasteiger partial charge in [0.2, 0.25) is 0 Å². The van der Waals surface area contributed by atoms with Crippen molar-refractivity contribution in [1.29, 1.82) is 0 Å². The molecule has 1 fully saturated rings. The Labute approximate surface area is 193 Å². The summed E-state index contributed by atoms with van der Waals surface area (Å²) >= 11 is 11.6. The number of thiocarbonyl (C=S) groups is 1. The van der Waals surface area contributed by atoms with Gasteiger partial charge in [0.1, 0.15) is 24.6 Å². The Morgan fingerprint density at radius 1 is 1.28 bits per heavy atom. The van der Waals surface area contributed by atoms with Crippen LogP contribution in [-0.2, 0) is 20.9 Å². The number of benzene rings is 2. The van der Waals surface area contributed by atoms with E-state index in [4.69, 9.17) is 28.6 Å². The maximum atomic E-state index is 12.6. The van der Waals surface area contributed by atoms with E-state index in [0.717, 1.165) is 0 Å². The summed E-state index contributed by atoms with van der Waals surface area (Å²) in [5.74, 6) is -0.526. The number of non-ortho nitro benzene ring substituents is 1. The molecule has 1 saturated heterocycles. The Morgan fingerprint density at radius 2 is 2.03 bits per heavy atom. The lowest BCUT2D eigenvalue weighted by molar-refractivity contribution is -0.384. The zero-order valence-electron chi connectivity index (χ0n) is 17.1. The van der Waals surface area contributed by atoms with Crippen LogP contribution in [0.25, 0.3) is 6.08 Å². The number of esters is 1. The summed E-state index contributed by atoms with van der Waals surface area (Å²) in [6.45, 7) is -0.109. The molecule has 1 aliphatic rings. The number of nitro benzene ring substituents is 1. The Kier molecular flexibility index (Phi) is 7.06. The summed E-state index contributed by atoms with van der Waals surface area (Å²) in [5.41, 5.74) is 1.39. The summed E-state index contributed by atoms with van der Waals surface area (Å²) in [7, 11) is 2.77. The zero-order valence-corrected chi connectivity index (χ0v) is 18.7. The lowest BCUT2D eigenvalue weighted by Gasteiger charge is -2.17. The zero-order chi connectivity index (χ0) is 23.4. The third-order valence-electron chi connectivity index (χ3n) is 4.62. The molecule has 0 radical (unpaired) electrons. The second kappa shape index (κ2) is 9.75. The Bertz CT molecular complexity index is 1140. The van der Waals surface area contributed by atoms with Gasteiger partial charge in [0, 0.05) is 19.2 Å². The highest BCUT2D eigenvalue weighted by Crippen LogP contribution is 2.29. The van der Waals surface area contributed by atoms with Crippen LogP contribution in [0.15, 0.2) is 48.2 Å². The smallest absolute Gasteiger partial charge is 0.325 e. The minimum Gasteiger partial charge on any atom is -0.487 e. The molecule has 1 heterocycles. The van der Waals surface area contributed by atoms with Crippen molar-refractivity contribution in [2.45, 2.75) is 6.61 Å². The first-order valence-electron chi connectivity index (χ1n) is 9.25. The number of amides is 1. The van der Waals surface area contributed by atoms with E-state index >= 15 is 0 Å². The molecule has 11 heteroatoms. The molecule has 2 aromatic carbocycles. The van der Waals surface area contributed by atoms with Crippen LogP contribution in [0.1, 0.15) is 11.1 Å². The molecule has 0 bridgehead atoms. The normalized spacial score (nSPS) is 14.8. The van der Waals surface area contributed by atoms with Crippen molar-refractivity contribution in [3.8, 4) is 5.75 Å². The molecule has 0 aliphatic carbocycles. The summed E-state index contributed by atoms with van der Waals surface area (Å²) in [6.07, 6.45) is 1.57. The van der Waals surface area contributed by atoms with Crippen LogP contribution >= 0.6 is 23.8 Å². The summed E-state index contributed by atoms with van der Waals surface area (Å²) in [6, 6.07) is 11.0. The average Bonchev–Trinajstić information content (AvgIpc) is 2.97. The standard InChI is InChI=1S/C21H18ClN3O6S/c1-23-20(27)17(24(21(23)32)11-19(26)30-2)10-13-6-7-18(16(22)9-13)31-12-14-4-3-5-15(8-14)25(28)29/h3-10H,11-12H2,1-2H3. The number of ether oxygens (including phenoxy) is 2. The number of hydrogen-bond donors (Lipinski definition) is 0. The number of carbonyl (C=O) groups is 2. The van der Waals surface area contributed by atoms with Gasteiger partial charge >= 0.3 is 5.97 Å². The predicted octanol–water partition coefficient (Wildman–Crippen LogP) is 3.40. The van der Waals surface area contributed by atoms with E-state index in [9.17, 15) is 19.7 Å². The van der Waals surface area contributed by atoms with Gasteiger partial charge in [-0.15, -0.1) is 0 Å². The molecule has 1 aliphatic heterocycles. The monoisotopic (exact) mass is 475 g/mol. The first kappa shape index (κ1) is 23.2. The van der Waals surface area contributed by atoms with Gasteiger partial charge in [0.15, 0.2) is 5.11 Å². The van der Waals surface area contributed by atoms with E-state index in [-0.39, 0.29) is 40.6 Å². The van der Waals surface area contributed by atoms with Gasteiger partial charge in [-0.05, 0) is 41.6 Å². The summed E-state index contributed by atoms with van der Waals surface area (Å²) < 4.78 is 10.4. The van der Waals surface area contributed by atoms with Gasteiger partial charge in [0.25, 0.3) is 11.6 Å². The van der Waals surface area contributed by atoms with E-state index in [1.54, 1.807) is 36.4 Å². The molecule has 0 spiro atoms. The maximum absolute atomic E-state index is 12.6. The molecule has 0 N–H and O–H groups in total. The first-order chi connectivity index (χ1) is 15.2. The fourth-order valence-corrected chi connectivity index (χ4v) is 3.44. The van der Waals surface area contributed by atoms with Crippen molar-refractivity contribution in [3.05, 3.63) is 74.4 Å². The van der Waals surface area contributed by atoms with Gasteiger partial charge in [-0.25, -0.2) is 0 Å². The quantitative estimate of drug-likeness (QED) is 0.197. The highest BCUT2D eigenvalue weighted by Gasteiger charge is 2.36. The molecule has 9 nitrogen and oxygen atoms in total. The first-order valence-corrected chi connectivity index (χ1v) is 10.0. The lowest BCUT2D eigenvalue weighted by atomic mass is 10.1. The van der Waals surface area contributed by atoms with Gasteiger partial charge in [-0.2, -0.15) is 0 Å². The fourth-order valence-electron chi connectivity index (χ4n) is 2.95. The van der Waals surface area contributed by atoms with Gasteiger partial charge in [0.05, 0.1) is 17.1 Å². The largest absolute Gasteiger partial charge is 0.487 e. The van der Waals surface area contributed by atoms with Crippen molar-refractivity contribution >= 4 is 52.6 Å². The van der Waals surface area contributed by atoms with Crippen LogP contribution in [0.2, 0.25) is 5.02 Å². The van der Waals surface area contributed by atoms with Crippen LogP contribution in [0.5, 0.6) is 5.75 Å². The number of rotatable bonds is 7. The van der Waals surface area contributed by atoms with E-state index in [2.05, 4.69) is 4.74 Å². The van der Waals surface area contributed by atoms with Crippen LogP contribution in [0, 0.1) is 10.1 Å². The van der Waals surface area contributed by atoms with Gasteiger partial charge in [-0.3, -0.25) is 24.6 Å². The number of hydrogen-bond acceptors (Lipinski definition) is 7. The Morgan fingerprint density at radius 3 is 2.69 bits per heavy atom. The van der Waals surface area contributed by atoms with Gasteiger partial charge < -0.3 is 14.4 Å². The van der Waals surface area contributed by atoms with Crippen molar-refractivity contribution in [3.63, 3.8) is 0 Å². The van der Waals surface area contributed by atoms with Crippen LogP contribution < -0.4 is 4.74 Å². The molecule has 1 amide bonds. The second-order valence-corrected chi connectivity index (χ2v) is 7.52. The van der Waals surface area contributed by atoms with Crippen molar-refractivity contribution in [2.75, 3.05) is 20.7 Å². The third-order valence-corrected chi connectivity index (χ3v) is 5.41. The van der Waals surface area contributed by atoms with Crippen molar-refractivity contribution in [1.82, 2.24) is 9.80 Å². The maximum Gasteiger partial charge on any atom is 0.325 e. The molecule has 0 saturated carbocycles. The molecule has 0 unspecified atom stereocenters. The average molecular weight is 476 g/mol. The van der Waals surface area contributed by atoms with Crippen molar-refractivity contribution < 1.29 is 24.0 Å². The number of likely N-dealkylation sites (N-methyl/N-ethyl adjacent to an activating group) is 1. The highest BCUT2D eigenvalue weighted by atomic mass is 35.5. The number of halogens is 1. The van der Waals surface area contributed by atoms with Crippen molar-refractivity contribution in [2.24, 2.45) is 0 Å². The molecular formula is C21H18ClN3O6S. The van der Waals surface area contributed by atoms with E-state index in [0.29, 0.717) is 16.9 Å². The van der Waals surface area contributed by atoms with Gasteiger partial charge in [-0.1, -0.05) is 29.8 Å². The Hall–Kier alpha value is -3.50. The summed E-state index contributed by atoms with van der Waals surface area (Å²) in [4.78, 5) is 37.4. The second-order valence-electron chi connectivity index (χ2n) is 6.74. The topological polar surface area (TPSA) is 102 Å². The number of nitro groups is 1. The van der Waals surface area contributed by atoms with Crippen LogP contribution in [-0.4, -0.2) is 52.4 Å². The molecular weight excluding hydrogens is 458 g/mol. The van der Waals surface area contributed by atoms with Crippen LogP contribution in [0.3, 0.4) is 0 Å². The van der Waals surface area contributed by atoms with E-state index < -0.39 is 10.9 Å². The predicted molar refractivity (Wildman–Crippen MR) is 121 cm³/mol. The minimum absolute atomic E-state index is 0.0280. The number of nitrogens with zero attached hydrogens (tertiary/aromatic N) is 3. The molecule has 32 heavy (non-hydrogen) atoms. The van der Waals surface area contributed by atoms with Crippen LogP contribution in [0.4, 0.5) is 5.69 Å². The lowest BCUT2D eigenvalue weighted by Crippen LogP contribution is -2.33. The summed E-state index contributed by atoms with van der Waals surface area (Å²) in [5, 5.41) is 11.4. The molecule has 0 aromatic heterocycles.